The summed E-state index contributed by atoms with van der Waals surface area (Å²) in [6.07, 6.45) is 0. The van der Waals surface area contributed by atoms with Crippen LogP contribution in [0.1, 0.15) is 0 Å². The molecule has 0 radical (unpaired) electrons. The maximum atomic E-state index is 8.64. The Balaban J connectivity index is 0. The second-order valence-electron chi connectivity index (χ2n) is 0.378. The van der Waals surface area contributed by atoms with Crippen LogP contribution in [-0.4, -0.2) is 0 Å². The molecular formula is H3NO4Re. The molecule has 0 unspecified atom stereocenters. The summed E-state index contributed by atoms with van der Waals surface area (Å²) >= 11 is -6.11. The Labute approximate surface area is 36.1 Å². The Bertz CT molecular complexity index is 159. The summed E-state index contributed by atoms with van der Waals surface area (Å²) in [6.45, 7) is 0. The van der Waals surface area contributed by atoms with E-state index in [9.17, 15) is 0 Å². The van der Waals surface area contributed by atoms with Gasteiger partial charge in [-0.05, 0) is 0 Å². The molecule has 0 aliphatic carbocycles. The van der Waals surface area contributed by atoms with Crippen LogP contribution in [0.5, 0.6) is 0 Å². The summed E-state index contributed by atoms with van der Waals surface area (Å²) in [5, 5.41) is 0. The fourth-order valence-corrected chi connectivity index (χ4v) is 0. The molecule has 0 heterocycles. The summed E-state index contributed by atoms with van der Waals surface area (Å²) in [5.74, 6) is 0. The molecule has 0 aromatic heterocycles. The zero-order valence-electron chi connectivity index (χ0n) is 2.72. The Morgan fingerprint density at radius 3 is 0.833 bits per heavy atom. The summed E-state index contributed by atoms with van der Waals surface area (Å²) in [6, 6.07) is 0. The molecule has 0 aliphatic rings. The van der Waals surface area contributed by atoms with E-state index in [2.05, 4.69) is 0 Å². The predicted molar refractivity (Wildman–Crippen MR) is 7.77 cm³/mol. The van der Waals surface area contributed by atoms with Gasteiger partial charge in [-0.1, -0.05) is 0 Å². The summed E-state index contributed by atoms with van der Waals surface area (Å²) in [4.78, 5) is 0. The van der Waals surface area contributed by atoms with Crippen LogP contribution in [0.2, 0.25) is 0 Å². The zero-order valence-corrected chi connectivity index (χ0v) is 5.43. The molecule has 6 heavy (non-hydrogen) atoms. The molecule has 0 fully saturated rings. The minimum atomic E-state index is -6.11. The Hall–Kier alpha value is -0.178. The van der Waals surface area contributed by atoms with Gasteiger partial charge in [0.15, 0.2) is 0 Å². The topological polar surface area (TPSA) is 103 Å². The SMILES string of the molecule is N.[O]=[Re](=[O])(=[O])=[O]. The molecule has 0 saturated heterocycles. The molecule has 5 nitrogen and oxygen atoms in total. The predicted octanol–water partition coefficient (Wildman–Crippen LogP) is -0.316. The third kappa shape index (κ3) is 965. The van der Waals surface area contributed by atoms with E-state index in [1.165, 1.54) is 0 Å². The van der Waals surface area contributed by atoms with Crippen molar-refractivity contribution >= 4 is 0 Å². The van der Waals surface area contributed by atoms with Crippen molar-refractivity contribution in [2.45, 2.75) is 0 Å². The molecule has 0 rings (SSSR count). The molecular weight excluding hydrogens is 264 g/mol. The number of hydrogen-bond donors (Lipinski definition) is 1. The van der Waals surface area contributed by atoms with Crippen molar-refractivity contribution < 1.29 is 29.2 Å². The molecule has 0 aliphatic heterocycles. The van der Waals surface area contributed by atoms with E-state index >= 15 is 0 Å². The molecule has 0 aromatic carbocycles. The third-order valence-electron chi connectivity index (χ3n) is 0. The average molecular weight is 267 g/mol. The first-order valence-corrected chi connectivity index (χ1v) is 5.05. The van der Waals surface area contributed by atoms with Gasteiger partial charge in [-0.25, -0.2) is 0 Å². The van der Waals surface area contributed by atoms with E-state index in [1.54, 1.807) is 0 Å². The molecule has 0 bridgehead atoms. The van der Waals surface area contributed by atoms with Crippen LogP contribution in [-0.2, 0) is 29.2 Å². The van der Waals surface area contributed by atoms with Crippen LogP contribution in [0.15, 0.2) is 0 Å². The Kier molecular flexibility index (Phi) is 3.21. The van der Waals surface area contributed by atoms with Gasteiger partial charge in [0.2, 0.25) is 0 Å². The van der Waals surface area contributed by atoms with Crippen LogP contribution >= 0.6 is 0 Å². The molecule has 39 valence electrons. The van der Waals surface area contributed by atoms with Crippen molar-refractivity contribution in [1.82, 2.24) is 6.15 Å². The molecule has 0 saturated carbocycles. The van der Waals surface area contributed by atoms with Crippen molar-refractivity contribution in [3.8, 4) is 0 Å². The monoisotopic (exact) mass is 268 g/mol. The third-order valence-corrected chi connectivity index (χ3v) is 0. The summed E-state index contributed by atoms with van der Waals surface area (Å²) < 4.78 is 34.6. The van der Waals surface area contributed by atoms with Crippen molar-refractivity contribution in [3.05, 3.63) is 0 Å². The number of rotatable bonds is 0. The minimum absolute atomic E-state index is 0. The van der Waals surface area contributed by atoms with Gasteiger partial charge in [-0.3, -0.25) is 0 Å². The zero-order chi connectivity index (χ0) is 4.50. The van der Waals surface area contributed by atoms with Crippen molar-refractivity contribution in [2.75, 3.05) is 0 Å². The van der Waals surface area contributed by atoms with E-state index in [4.69, 9.17) is 13.9 Å². The molecule has 0 amide bonds. The van der Waals surface area contributed by atoms with E-state index in [1.807, 2.05) is 0 Å². The normalized spacial score (nSPS) is 9.33. The Morgan fingerprint density at radius 1 is 0.833 bits per heavy atom. The molecule has 0 aromatic rings. The van der Waals surface area contributed by atoms with Gasteiger partial charge in [0.25, 0.3) is 0 Å². The van der Waals surface area contributed by atoms with Crippen molar-refractivity contribution in [1.29, 1.82) is 0 Å². The van der Waals surface area contributed by atoms with Gasteiger partial charge < -0.3 is 6.15 Å². The molecule has 0 atom stereocenters. The fraction of sp³-hybridized carbons (Fsp3) is 0. The van der Waals surface area contributed by atoms with Crippen LogP contribution in [0.3, 0.4) is 0 Å². The fourth-order valence-electron chi connectivity index (χ4n) is 0. The first-order chi connectivity index (χ1) is 2.00. The van der Waals surface area contributed by atoms with E-state index in [0.717, 1.165) is 0 Å². The summed E-state index contributed by atoms with van der Waals surface area (Å²) in [7, 11) is 0. The van der Waals surface area contributed by atoms with E-state index < -0.39 is 15.4 Å². The van der Waals surface area contributed by atoms with Crippen LogP contribution in [0, 0.1) is 0 Å². The average Bonchev–Trinajstić information content (AvgIpc) is 0.722. The molecule has 0 spiro atoms. The second-order valence-corrected chi connectivity index (χ2v) is 3.09. The maximum absolute atomic E-state index is 8.64. The van der Waals surface area contributed by atoms with Crippen LogP contribution in [0.4, 0.5) is 0 Å². The van der Waals surface area contributed by atoms with Crippen LogP contribution in [0.25, 0.3) is 0 Å². The first kappa shape index (κ1) is 9.27. The quantitative estimate of drug-likeness (QED) is 0.648. The van der Waals surface area contributed by atoms with Gasteiger partial charge in [0.1, 0.15) is 0 Å². The number of hydrogen-bond acceptors (Lipinski definition) is 5. The van der Waals surface area contributed by atoms with Crippen molar-refractivity contribution in [3.63, 3.8) is 0 Å². The van der Waals surface area contributed by atoms with Gasteiger partial charge in [-0.2, -0.15) is 0 Å². The van der Waals surface area contributed by atoms with Gasteiger partial charge in [-0.15, -0.1) is 0 Å². The van der Waals surface area contributed by atoms with E-state index in [0.29, 0.717) is 0 Å². The second kappa shape index (κ2) is 2.08. The van der Waals surface area contributed by atoms with Gasteiger partial charge in [0.05, 0.1) is 0 Å². The van der Waals surface area contributed by atoms with Crippen molar-refractivity contribution in [2.24, 2.45) is 0 Å². The Morgan fingerprint density at radius 2 is 0.833 bits per heavy atom. The first-order valence-electron chi connectivity index (χ1n) is 0.617. The van der Waals surface area contributed by atoms with Crippen LogP contribution < -0.4 is 6.15 Å². The summed E-state index contributed by atoms with van der Waals surface area (Å²) in [5.41, 5.74) is 0. The molecule has 3 N–H and O–H groups in total. The van der Waals surface area contributed by atoms with Gasteiger partial charge >= 0.3 is 29.2 Å². The van der Waals surface area contributed by atoms with Gasteiger partial charge in [0, 0.05) is 0 Å². The van der Waals surface area contributed by atoms with E-state index in [-0.39, 0.29) is 6.15 Å². The molecule has 6 heteroatoms. The standard InChI is InChI=1S/H3N.4O.Re/h1H3;;;;;.